The lowest BCUT2D eigenvalue weighted by molar-refractivity contribution is 0.387. The molecule has 3 nitrogen and oxygen atoms in total. The highest BCUT2D eigenvalue weighted by atomic mass is 15.0. The van der Waals surface area contributed by atoms with E-state index in [1.54, 1.807) is 0 Å². The normalized spacial score (nSPS) is 13.6. The van der Waals surface area contributed by atoms with Crippen molar-refractivity contribution in [3.8, 4) is 0 Å². The van der Waals surface area contributed by atoms with Crippen LogP contribution in [-0.2, 0) is 6.42 Å². The van der Waals surface area contributed by atoms with Crippen molar-refractivity contribution >= 4 is 0 Å². The van der Waals surface area contributed by atoms with E-state index in [2.05, 4.69) is 55.4 Å². The van der Waals surface area contributed by atoms with E-state index < -0.39 is 0 Å². The van der Waals surface area contributed by atoms with Gasteiger partial charge >= 0.3 is 0 Å². The molecule has 0 aliphatic heterocycles. The van der Waals surface area contributed by atoms with E-state index >= 15 is 0 Å². The molecule has 2 N–H and O–H groups in total. The van der Waals surface area contributed by atoms with Crippen molar-refractivity contribution in [1.82, 2.24) is 15.6 Å². The highest BCUT2D eigenvalue weighted by Gasteiger charge is 2.10. The van der Waals surface area contributed by atoms with Gasteiger partial charge in [-0.3, -0.25) is 4.98 Å². The Morgan fingerprint density at radius 3 is 2.50 bits per heavy atom. The zero-order chi connectivity index (χ0) is 13.4. The first-order valence-electron chi connectivity index (χ1n) is 6.85. The van der Waals surface area contributed by atoms with Gasteiger partial charge in [0.1, 0.15) is 0 Å². The second-order valence-corrected chi connectivity index (χ2v) is 5.95. The highest BCUT2D eigenvalue weighted by Crippen LogP contribution is 2.00. The van der Waals surface area contributed by atoms with Crippen LogP contribution in [0.5, 0.6) is 0 Å². The van der Waals surface area contributed by atoms with E-state index in [0.29, 0.717) is 6.04 Å². The lowest BCUT2D eigenvalue weighted by Gasteiger charge is -2.24. The molecule has 1 unspecified atom stereocenters. The smallest absolute Gasteiger partial charge is 0.0270 e. The summed E-state index contributed by atoms with van der Waals surface area (Å²) in [4.78, 5) is 4.03. The van der Waals surface area contributed by atoms with Crippen molar-refractivity contribution < 1.29 is 0 Å². The molecule has 0 aromatic carbocycles. The Hall–Kier alpha value is -0.930. The van der Waals surface area contributed by atoms with E-state index in [0.717, 1.165) is 19.5 Å². The number of nitrogens with one attached hydrogen (secondary N) is 2. The Labute approximate surface area is 111 Å². The molecule has 0 saturated heterocycles. The largest absolute Gasteiger partial charge is 0.313 e. The lowest BCUT2D eigenvalue weighted by atomic mass is 10.1. The van der Waals surface area contributed by atoms with E-state index in [-0.39, 0.29) is 5.54 Å². The van der Waals surface area contributed by atoms with E-state index in [1.165, 1.54) is 12.0 Å². The van der Waals surface area contributed by atoms with Crippen molar-refractivity contribution in [3.05, 3.63) is 30.1 Å². The van der Waals surface area contributed by atoms with Gasteiger partial charge in [0, 0.05) is 30.5 Å². The molecule has 1 rings (SSSR count). The van der Waals surface area contributed by atoms with Crippen LogP contribution >= 0.6 is 0 Å². The van der Waals surface area contributed by atoms with Gasteiger partial charge in [-0.05, 0) is 64.8 Å². The molecule has 1 atom stereocenters. The first-order chi connectivity index (χ1) is 8.47. The summed E-state index contributed by atoms with van der Waals surface area (Å²) in [6.45, 7) is 10.9. The Balaban J connectivity index is 2.07. The van der Waals surface area contributed by atoms with Gasteiger partial charge in [-0.1, -0.05) is 0 Å². The van der Waals surface area contributed by atoms with Crippen molar-refractivity contribution in [3.63, 3.8) is 0 Å². The maximum atomic E-state index is 4.03. The fourth-order valence-electron chi connectivity index (χ4n) is 1.72. The van der Waals surface area contributed by atoms with Gasteiger partial charge in [0.05, 0.1) is 0 Å². The average molecular weight is 249 g/mol. The predicted octanol–water partition coefficient (Wildman–Crippen LogP) is 2.38. The lowest BCUT2D eigenvalue weighted by Crippen LogP contribution is -2.44. The Morgan fingerprint density at radius 2 is 1.89 bits per heavy atom. The van der Waals surface area contributed by atoms with Crippen LogP contribution in [0.4, 0.5) is 0 Å². The summed E-state index contributed by atoms with van der Waals surface area (Å²) in [5.41, 5.74) is 1.57. The van der Waals surface area contributed by atoms with Gasteiger partial charge < -0.3 is 10.6 Å². The molecule has 3 heteroatoms. The second-order valence-electron chi connectivity index (χ2n) is 5.95. The third-order valence-electron chi connectivity index (χ3n) is 2.82. The first kappa shape index (κ1) is 15.1. The number of nitrogens with zero attached hydrogens (tertiary/aromatic N) is 1. The van der Waals surface area contributed by atoms with Crippen molar-refractivity contribution in [2.24, 2.45) is 0 Å². The molecule has 0 aliphatic rings. The van der Waals surface area contributed by atoms with Gasteiger partial charge in [-0.2, -0.15) is 0 Å². The predicted molar refractivity (Wildman–Crippen MR) is 77.8 cm³/mol. The SMILES string of the molecule is CC(CNC(C)(C)C)NCCCc1ccncc1. The molecule has 18 heavy (non-hydrogen) atoms. The van der Waals surface area contributed by atoms with Crippen LogP contribution in [0.3, 0.4) is 0 Å². The van der Waals surface area contributed by atoms with Crippen LogP contribution in [0.15, 0.2) is 24.5 Å². The maximum Gasteiger partial charge on any atom is 0.0270 e. The van der Waals surface area contributed by atoms with Crippen LogP contribution in [-0.4, -0.2) is 29.7 Å². The van der Waals surface area contributed by atoms with E-state index in [4.69, 9.17) is 0 Å². The molecule has 0 amide bonds. The summed E-state index contributed by atoms with van der Waals surface area (Å²) in [6, 6.07) is 4.69. The quantitative estimate of drug-likeness (QED) is 0.729. The number of aromatic nitrogens is 1. The standard InChI is InChI=1S/C15H27N3/c1-13(12-18-15(2,3)4)17-9-5-6-14-7-10-16-11-8-14/h7-8,10-11,13,17-18H,5-6,9,12H2,1-4H3. The van der Waals surface area contributed by atoms with Crippen molar-refractivity contribution in [2.75, 3.05) is 13.1 Å². The summed E-state index contributed by atoms with van der Waals surface area (Å²) >= 11 is 0. The van der Waals surface area contributed by atoms with Crippen LogP contribution in [0.2, 0.25) is 0 Å². The Bertz CT molecular complexity index is 316. The maximum absolute atomic E-state index is 4.03. The zero-order valence-electron chi connectivity index (χ0n) is 12.2. The topological polar surface area (TPSA) is 37.0 Å². The molecule has 0 bridgehead atoms. The van der Waals surface area contributed by atoms with Crippen LogP contribution < -0.4 is 10.6 Å². The summed E-state index contributed by atoms with van der Waals surface area (Å²) < 4.78 is 0. The number of rotatable bonds is 7. The van der Waals surface area contributed by atoms with Gasteiger partial charge in [0.15, 0.2) is 0 Å². The molecule has 0 fully saturated rings. The van der Waals surface area contributed by atoms with Crippen molar-refractivity contribution in [2.45, 2.75) is 52.1 Å². The van der Waals surface area contributed by atoms with Gasteiger partial charge in [0.25, 0.3) is 0 Å². The minimum atomic E-state index is 0.201. The summed E-state index contributed by atoms with van der Waals surface area (Å²) in [5.74, 6) is 0. The van der Waals surface area contributed by atoms with Gasteiger partial charge in [-0.25, -0.2) is 0 Å². The molecular weight excluding hydrogens is 222 g/mol. The fraction of sp³-hybridized carbons (Fsp3) is 0.667. The van der Waals surface area contributed by atoms with E-state index in [1.807, 2.05) is 12.4 Å². The third kappa shape index (κ3) is 7.41. The molecule has 1 heterocycles. The van der Waals surface area contributed by atoms with E-state index in [9.17, 15) is 0 Å². The summed E-state index contributed by atoms with van der Waals surface area (Å²) in [5, 5.41) is 7.06. The molecule has 0 aliphatic carbocycles. The molecule has 0 saturated carbocycles. The average Bonchev–Trinajstić information content (AvgIpc) is 2.33. The molecular formula is C15H27N3. The molecule has 1 aromatic rings. The Morgan fingerprint density at radius 1 is 1.22 bits per heavy atom. The monoisotopic (exact) mass is 249 g/mol. The van der Waals surface area contributed by atoms with Crippen LogP contribution in [0.1, 0.15) is 39.7 Å². The number of hydrogen-bond donors (Lipinski definition) is 2. The van der Waals surface area contributed by atoms with Gasteiger partial charge in [0.2, 0.25) is 0 Å². The third-order valence-corrected chi connectivity index (χ3v) is 2.82. The van der Waals surface area contributed by atoms with Crippen LogP contribution in [0.25, 0.3) is 0 Å². The molecule has 0 spiro atoms. The van der Waals surface area contributed by atoms with Crippen molar-refractivity contribution in [1.29, 1.82) is 0 Å². The molecule has 102 valence electrons. The fourth-order valence-corrected chi connectivity index (χ4v) is 1.72. The Kier molecular flexibility index (Phi) is 6.30. The number of hydrogen-bond acceptors (Lipinski definition) is 3. The summed E-state index contributed by atoms with van der Waals surface area (Å²) in [7, 11) is 0. The minimum Gasteiger partial charge on any atom is -0.313 e. The minimum absolute atomic E-state index is 0.201. The second kappa shape index (κ2) is 7.49. The first-order valence-corrected chi connectivity index (χ1v) is 6.85. The highest BCUT2D eigenvalue weighted by molar-refractivity contribution is 5.09. The molecule has 0 radical (unpaired) electrons. The zero-order valence-corrected chi connectivity index (χ0v) is 12.2. The van der Waals surface area contributed by atoms with Crippen LogP contribution in [0, 0.1) is 0 Å². The number of aryl methyl sites for hydroxylation is 1. The summed E-state index contributed by atoms with van der Waals surface area (Å²) in [6.07, 6.45) is 6.01. The molecule has 1 aromatic heterocycles. The van der Waals surface area contributed by atoms with Gasteiger partial charge in [-0.15, -0.1) is 0 Å². The number of pyridine rings is 1.